The van der Waals surface area contributed by atoms with Crippen molar-refractivity contribution < 1.29 is 19.0 Å². The van der Waals surface area contributed by atoms with E-state index in [1.807, 2.05) is 0 Å². The minimum Gasteiger partial charge on any atom is -0.469 e. The van der Waals surface area contributed by atoms with Crippen LogP contribution in [-0.2, 0) is 9.53 Å². The van der Waals surface area contributed by atoms with Gasteiger partial charge >= 0.3 is 5.97 Å². The lowest BCUT2D eigenvalue weighted by molar-refractivity contribution is -0.142. The van der Waals surface area contributed by atoms with Gasteiger partial charge in [-0.15, -0.1) is 0 Å². The third-order valence-corrected chi connectivity index (χ3v) is 2.08. The molecule has 0 aromatic heterocycles. The minimum atomic E-state index is -1.10. The summed E-state index contributed by atoms with van der Waals surface area (Å²) >= 11 is 0. The quantitative estimate of drug-likeness (QED) is 0.784. The van der Waals surface area contributed by atoms with Crippen LogP contribution < -0.4 is 0 Å². The van der Waals surface area contributed by atoms with Crippen LogP contribution in [0.1, 0.15) is 23.7 Å². The summed E-state index contributed by atoms with van der Waals surface area (Å²) in [6.45, 7) is 0. The molecule has 1 atom stereocenters. The van der Waals surface area contributed by atoms with Crippen molar-refractivity contribution >= 4 is 5.97 Å². The van der Waals surface area contributed by atoms with Crippen LogP contribution in [0.15, 0.2) is 18.2 Å². The van der Waals surface area contributed by atoms with Gasteiger partial charge in [0, 0.05) is 0 Å². The zero-order valence-electron chi connectivity index (χ0n) is 8.61. The zero-order valence-corrected chi connectivity index (χ0v) is 8.61. The van der Waals surface area contributed by atoms with Crippen molar-refractivity contribution in [2.24, 2.45) is 0 Å². The van der Waals surface area contributed by atoms with E-state index in [0.717, 1.165) is 6.07 Å². The highest BCUT2D eigenvalue weighted by molar-refractivity contribution is 5.70. The van der Waals surface area contributed by atoms with Crippen molar-refractivity contribution in [3.63, 3.8) is 0 Å². The fraction of sp³-hybridized carbons (Fsp3) is 0.273. The van der Waals surface area contributed by atoms with Crippen LogP contribution >= 0.6 is 0 Å². The molecule has 0 aliphatic rings. The van der Waals surface area contributed by atoms with Gasteiger partial charge in [0.2, 0.25) is 0 Å². The van der Waals surface area contributed by atoms with Gasteiger partial charge in [0.05, 0.1) is 25.2 Å². The fourth-order valence-electron chi connectivity index (χ4n) is 1.19. The molecule has 1 aromatic carbocycles. The Morgan fingerprint density at radius 3 is 2.94 bits per heavy atom. The Hall–Kier alpha value is -1.93. The van der Waals surface area contributed by atoms with Gasteiger partial charge in [-0.05, 0) is 17.7 Å². The van der Waals surface area contributed by atoms with E-state index < -0.39 is 17.9 Å². The Bertz CT molecular complexity index is 439. The number of ether oxygens (including phenoxy) is 1. The number of hydrogen-bond acceptors (Lipinski definition) is 4. The summed E-state index contributed by atoms with van der Waals surface area (Å²) in [5, 5.41) is 18.2. The zero-order chi connectivity index (χ0) is 12.1. The molecule has 1 rings (SSSR count). The van der Waals surface area contributed by atoms with Crippen LogP contribution in [0.5, 0.6) is 0 Å². The second kappa shape index (κ2) is 5.24. The molecule has 0 spiro atoms. The Balaban J connectivity index is 2.89. The number of halogens is 1. The summed E-state index contributed by atoms with van der Waals surface area (Å²) in [4.78, 5) is 10.9. The van der Waals surface area contributed by atoms with E-state index in [9.17, 15) is 14.3 Å². The summed E-state index contributed by atoms with van der Waals surface area (Å²) in [5.41, 5.74) is 0.143. The average molecular weight is 223 g/mol. The molecule has 0 bridgehead atoms. The first kappa shape index (κ1) is 12.1. The van der Waals surface area contributed by atoms with Gasteiger partial charge in [-0.3, -0.25) is 4.79 Å². The van der Waals surface area contributed by atoms with Crippen LogP contribution in [0.4, 0.5) is 4.39 Å². The van der Waals surface area contributed by atoms with Crippen molar-refractivity contribution in [3.05, 3.63) is 35.1 Å². The number of hydrogen-bond donors (Lipinski definition) is 1. The molecule has 0 heterocycles. The molecule has 0 amide bonds. The monoisotopic (exact) mass is 223 g/mol. The number of rotatable bonds is 3. The van der Waals surface area contributed by atoms with E-state index >= 15 is 0 Å². The van der Waals surface area contributed by atoms with E-state index in [1.54, 1.807) is 6.07 Å². The number of nitriles is 1. The Morgan fingerprint density at radius 1 is 1.69 bits per heavy atom. The van der Waals surface area contributed by atoms with Gasteiger partial charge in [0.1, 0.15) is 11.9 Å². The molecule has 5 heteroatoms. The number of nitrogens with zero attached hydrogens (tertiary/aromatic N) is 1. The Labute approximate surface area is 91.9 Å². The number of aliphatic hydroxyl groups excluding tert-OH is 1. The maximum absolute atomic E-state index is 13.0. The molecular formula is C11H10FNO3. The summed E-state index contributed by atoms with van der Waals surface area (Å²) in [7, 11) is 1.21. The predicted octanol–water partition coefficient (Wildman–Crippen LogP) is 1.29. The first-order valence-electron chi connectivity index (χ1n) is 4.53. The Kier molecular flexibility index (Phi) is 3.97. The summed E-state index contributed by atoms with van der Waals surface area (Å²) < 4.78 is 17.4. The van der Waals surface area contributed by atoms with Crippen LogP contribution in [-0.4, -0.2) is 18.2 Å². The summed E-state index contributed by atoms with van der Waals surface area (Å²) in [5.74, 6) is -1.23. The minimum absolute atomic E-state index is 0.165. The van der Waals surface area contributed by atoms with Crippen molar-refractivity contribution in [1.29, 1.82) is 5.26 Å². The predicted molar refractivity (Wildman–Crippen MR) is 52.7 cm³/mol. The fourth-order valence-corrected chi connectivity index (χ4v) is 1.19. The molecule has 16 heavy (non-hydrogen) atoms. The SMILES string of the molecule is COC(=O)C[C@H](O)c1ccc(F)c(C#N)c1. The highest BCUT2D eigenvalue weighted by atomic mass is 19.1. The normalized spacial score (nSPS) is 11.6. The van der Waals surface area contributed by atoms with Gasteiger partial charge in [0.25, 0.3) is 0 Å². The second-order valence-electron chi connectivity index (χ2n) is 3.15. The van der Waals surface area contributed by atoms with Gasteiger partial charge < -0.3 is 9.84 Å². The third-order valence-electron chi connectivity index (χ3n) is 2.08. The molecule has 0 saturated carbocycles. The van der Waals surface area contributed by atoms with Crippen molar-refractivity contribution in [3.8, 4) is 6.07 Å². The third kappa shape index (κ3) is 2.78. The number of aliphatic hydroxyl groups is 1. The van der Waals surface area contributed by atoms with Crippen LogP contribution in [0.25, 0.3) is 0 Å². The number of esters is 1. The van der Waals surface area contributed by atoms with Crippen LogP contribution in [0.3, 0.4) is 0 Å². The maximum atomic E-state index is 13.0. The molecular weight excluding hydrogens is 213 g/mol. The van der Waals surface area contributed by atoms with E-state index in [2.05, 4.69) is 4.74 Å². The molecule has 4 nitrogen and oxygen atoms in total. The van der Waals surface area contributed by atoms with Crippen molar-refractivity contribution in [2.75, 3.05) is 7.11 Å². The van der Waals surface area contributed by atoms with Gasteiger partial charge in [-0.25, -0.2) is 4.39 Å². The van der Waals surface area contributed by atoms with Gasteiger partial charge in [0.15, 0.2) is 0 Å². The first-order valence-corrected chi connectivity index (χ1v) is 4.53. The highest BCUT2D eigenvalue weighted by Gasteiger charge is 2.14. The standard InChI is InChI=1S/C11H10FNO3/c1-16-11(15)5-10(14)7-2-3-9(12)8(4-7)6-13/h2-4,10,14H,5H2,1H3/t10-/m0/s1. The summed E-state index contributed by atoms with van der Waals surface area (Å²) in [6.07, 6.45) is -1.33. The van der Waals surface area contributed by atoms with E-state index in [-0.39, 0.29) is 12.0 Å². The van der Waals surface area contributed by atoms with Gasteiger partial charge in [-0.2, -0.15) is 5.26 Å². The molecule has 0 aliphatic heterocycles. The highest BCUT2D eigenvalue weighted by Crippen LogP contribution is 2.19. The van der Waals surface area contributed by atoms with Crippen LogP contribution in [0, 0.1) is 17.1 Å². The molecule has 0 aliphatic carbocycles. The van der Waals surface area contributed by atoms with E-state index in [0.29, 0.717) is 5.56 Å². The number of carbonyl (C=O) groups excluding carboxylic acids is 1. The van der Waals surface area contributed by atoms with E-state index in [4.69, 9.17) is 5.26 Å². The van der Waals surface area contributed by atoms with Crippen molar-refractivity contribution in [2.45, 2.75) is 12.5 Å². The molecule has 1 aromatic rings. The molecule has 1 N–H and O–H groups in total. The smallest absolute Gasteiger partial charge is 0.308 e. The maximum Gasteiger partial charge on any atom is 0.308 e. The number of methoxy groups -OCH3 is 1. The molecule has 0 unspecified atom stereocenters. The molecule has 0 fully saturated rings. The van der Waals surface area contributed by atoms with Crippen molar-refractivity contribution in [1.82, 2.24) is 0 Å². The summed E-state index contributed by atoms with van der Waals surface area (Å²) in [6, 6.07) is 5.27. The molecule has 0 radical (unpaired) electrons. The average Bonchev–Trinajstić information content (AvgIpc) is 2.29. The lowest BCUT2D eigenvalue weighted by Crippen LogP contribution is -2.08. The topological polar surface area (TPSA) is 70.3 Å². The van der Waals surface area contributed by atoms with E-state index in [1.165, 1.54) is 19.2 Å². The number of benzene rings is 1. The van der Waals surface area contributed by atoms with Gasteiger partial charge in [-0.1, -0.05) is 6.07 Å². The lowest BCUT2D eigenvalue weighted by Gasteiger charge is -2.09. The number of carbonyl (C=O) groups is 1. The van der Waals surface area contributed by atoms with Crippen LogP contribution in [0.2, 0.25) is 0 Å². The molecule has 84 valence electrons. The second-order valence-corrected chi connectivity index (χ2v) is 3.15. The molecule has 0 saturated heterocycles. The largest absolute Gasteiger partial charge is 0.469 e. The first-order chi connectivity index (χ1) is 7.58. The Morgan fingerprint density at radius 2 is 2.38 bits per heavy atom. The lowest BCUT2D eigenvalue weighted by atomic mass is 10.0.